The molecule has 1 amide bonds. The molecule has 0 unspecified atom stereocenters. The molecule has 3 aromatic carbocycles. The van der Waals surface area contributed by atoms with Crippen LogP contribution >= 0.6 is 11.6 Å². The lowest BCUT2D eigenvalue weighted by molar-refractivity contribution is -0.137. The lowest BCUT2D eigenvalue weighted by Crippen LogP contribution is -2.36. The number of aryl methyl sites for hydroxylation is 1. The van der Waals surface area contributed by atoms with Crippen molar-refractivity contribution >= 4 is 34.5 Å². The summed E-state index contributed by atoms with van der Waals surface area (Å²) < 4.78 is 13.6. The number of halogens is 2. The van der Waals surface area contributed by atoms with E-state index >= 15 is 0 Å². The van der Waals surface area contributed by atoms with Crippen LogP contribution in [0.3, 0.4) is 0 Å². The van der Waals surface area contributed by atoms with Gasteiger partial charge >= 0.3 is 5.97 Å². The highest BCUT2D eigenvalue weighted by molar-refractivity contribution is 6.30. The zero-order valence-electron chi connectivity index (χ0n) is 20.1. The Morgan fingerprint density at radius 2 is 1.76 bits per heavy atom. The van der Waals surface area contributed by atoms with Gasteiger partial charge in [-0.15, -0.1) is 0 Å². The predicted molar refractivity (Wildman–Crippen MR) is 140 cm³/mol. The summed E-state index contributed by atoms with van der Waals surface area (Å²) in [5.41, 5.74) is 6.02. The second-order valence-electron chi connectivity index (χ2n) is 9.22. The number of carbonyl (C=O) groups is 2. The van der Waals surface area contributed by atoms with Crippen molar-refractivity contribution in [3.05, 3.63) is 93.9 Å². The van der Waals surface area contributed by atoms with Crippen molar-refractivity contribution in [1.29, 1.82) is 0 Å². The van der Waals surface area contributed by atoms with E-state index < -0.39 is 5.97 Å². The Kier molecular flexibility index (Phi) is 7.15. The van der Waals surface area contributed by atoms with Gasteiger partial charge in [-0.25, -0.2) is 14.4 Å². The molecule has 5 rings (SSSR count). The van der Waals surface area contributed by atoms with Crippen LogP contribution in [0.2, 0.25) is 5.02 Å². The molecule has 0 fully saturated rings. The molecule has 0 spiro atoms. The predicted octanol–water partition coefficient (Wildman–Crippen LogP) is 6.09. The lowest BCUT2D eigenvalue weighted by atomic mass is 9.99. The van der Waals surface area contributed by atoms with Crippen molar-refractivity contribution < 1.29 is 19.1 Å². The molecule has 1 N–H and O–H groups in total. The number of aliphatic carboxylic acids is 1. The number of carboxylic acids is 1. The van der Waals surface area contributed by atoms with Crippen molar-refractivity contribution in [1.82, 2.24) is 14.9 Å². The summed E-state index contributed by atoms with van der Waals surface area (Å²) >= 11 is 6.07. The molecule has 37 heavy (non-hydrogen) atoms. The van der Waals surface area contributed by atoms with E-state index in [0.29, 0.717) is 60.4 Å². The van der Waals surface area contributed by atoms with Gasteiger partial charge in [0.05, 0.1) is 22.4 Å². The minimum atomic E-state index is -0.823. The Bertz CT molecular complexity index is 1490. The van der Waals surface area contributed by atoms with Gasteiger partial charge in [-0.05, 0) is 79.3 Å². The van der Waals surface area contributed by atoms with Crippen molar-refractivity contribution in [2.24, 2.45) is 0 Å². The van der Waals surface area contributed by atoms with Crippen LogP contribution in [-0.4, -0.2) is 38.4 Å². The number of rotatable bonds is 7. The van der Waals surface area contributed by atoms with Crippen LogP contribution in [0.5, 0.6) is 0 Å². The molecule has 1 aliphatic rings. The van der Waals surface area contributed by atoms with Crippen molar-refractivity contribution in [2.75, 3.05) is 6.54 Å². The Morgan fingerprint density at radius 1 is 0.946 bits per heavy atom. The van der Waals surface area contributed by atoms with E-state index in [1.54, 1.807) is 47.4 Å². The van der Waals surface area contributed by atoms with Crippen LogP contribution in [-0.2, 0) is 24.2 Å². The third kappa shape index (κ3) is 5.62. The van der Waals surface area contributed by atoms with Gasteiger partial charge in [0, 0.05) is 35.7 Å². The molecule has 6 nitrogen and oxygen atoms in total. The molecule has 0 atom stereocenters. The first-order chi connectivity index (χ1) is 17.9. The molecular weight excluding hydrogens is 493 g/mol. The number of benzene rings is 3. The molecule has 2 heterocycles. The van der Waals surface area contributed by atoms with Gasteiger partial charge in [-0.3, -0.25) is 9.59 Å². The van der Waals surface area contributed by atoms with Crippen molar-refractivity contribution in [2.45, 2.75) is 38.6 Å². The van der Waals surface area contributed by atoms with Gasteiger partial charge in [0.2, 0.25) is 0 Å². The molecule has 0 aliphatic carbocycles. The van der Waals surface area contributed by atoms with Gasteiger partial charge < -0.3 is 10.0 Å². The largest absolute Gasteiger partial charge is 0.481 e. The average Bonchev–Trinajstić information content (AvgIpc) is 2.90. The van der Waals surface area contributed by atoms with E-state index in [4.69, 9.17) is 26.7 Å². The number of fused-ring (bicyclic) bond motifs is 2. The first-order valence-corrected chi connectivity index (χ1v) is 12.6. The smallest absolute Gasteiger partial charge is 0.303 e. The third-order valence-corrected chi connectivity index (χ3v) is 6.88. The standard InChI is InChI=1S/C29H25ClFN3O3/c30-22-9-5-18(6-10-22)28-25(3-1-2-4-27(35)36)32-26-16-20(8-12-24(26)33-28)29(37)34-14-13-19-15-23(31)11-7-21(19)17-34/h5-12,15-16H,1-4,13-14,17H2,(H,35,36). The summed E-state index contributed by atoms with van der Waals surface area (Å²) in [5, 5.41) is 9.59. The van der Waals surface area contributed by atoms with Crippen LogP contribution in [0, 0.1) is 5.82 Å². The number of hydrogen-bond acceptors (Lipinski definition) is 4. The zero-order valence-corrected chi connectivity index (χ0v) is 20.8. The minimum absolute atomic E-state index is 0.0988. The molecule has 1 aromatic heterocycles. The fraction of sp³-hybridized carbons (Fsp3) is 0.241. The molecule has 188 valence electrons. The number of carboxylic acid groups (broad SMARTS) is 1. The van der Waals surface area contributed by atoms with Gasteiger partial charge in [0.25, 0.3) is 5.91 Å². The summed E-state index contributed by atoms with van der Waals surface area (Å²) in [7, 11) is 0. The number of hydrogen-bond donors (Lipinski definition) is 1. The van der Waals surface area contributed by atoms with Gasteiger partial charge in [-0.1, -0.05) is 29.8 Å². The highest BCUT2D eigenvalue weighted by Crippen LogP contribution is 2.28. The first kappa shape index (κ1) is 24.8. The van der Waals surface area contributed by atoms with Crippen LogP contribution in [0.4, 0.5) is 4.39 Å². The number of amides is 1. The highest BCUT2D eigenvalue weighted by atomic mass is 35.5. The van der Waals surface area contributed by atoms with E-state index in [1.165, 1.54) is 6.07 Å². The molecule has 0 radical (unpaired) electrons. The molecule has 8 heteroatoms. The maximum atomic E-state index is 13.6. The zero-order chi connectivity index (χ0) is 25.9. The van der Waals surface area contributed by atoms with E-state index in [1.807, 2.05) is 12.1 Å². The second-order valence-corrected chi connectivity index (χ2v) is 9.66. The third-order valence-electron chi connectivity index (χ3n) is 6.62. The Morgan fingerprint density at radius 3 is 2.54 bits per heavy atom. The summed E-state index contributed by atoms with van der Waals surface area (Å²) in [4.78, 5) is 35.8. The maximum Gasteiger partial charge on any atom is 0.303 e. The summed E-state index contributed by atoms with van der Waals surface area (Å²) in [5.74, 6) is -1.19. The van der Waals surface area contributed by atoms with E-state index in [0.717, 1.165) is 28.1 Å². The summed E-state index contributed by atoms with van der Waals surface area (Å²) in [6.07, 6.45) is 2.46. The highest BCUT2D eigenvalue weighted by Gasteiger charge is 2.23. The fourth-order valence-corrected chi connectivity index (χ4v) is 4.81. The van der Waals surface area contributed by atoms with E-state index in [2.05, 4.69) is 0 Å². The average molecular weight is 518 g/mol. The summed E-state index contributed by atoms with van der Waals surface area (Å²) in [6.45, 7) is 0.950. The van der Waals surface area contributed by atoms with Crippen LogP contribution in [0.25, 0.3) is 22.3 Å². The fourth-order valence-electron chi connectivity index (χ4n) is 4.68. The normalized spacial score (nSPS) is 13.0. The number of aromatic nitrogens is 2. The topological polar surface area (TPSA) is 83.4 Å². The number of carbonyl (C=O) groups excluding carboxylic acids is 1. The van der Waals surface area contributed by atoms with E-state index in [9.17, 15) is 14.0 Å². The van der Waals surface area contributed by atoms with Gasteiger partial charge in [0.15, 0.2) is 0 Å². The molecule has 1 aliphatic heterocycles. The van der Waals surface area contributed by atoms with Gasteiger partial charge in [-0.2, -0.15) is 0 Å². The Balaban J connectivity index is 1.44. The molecule has 0 bridgehead atoms. The van der Waals surface area contributed by atoms with Crippen LogP contribution < -0.4 is 0 Å². The SMILES string of the molecule is O=C(O)CCCCc1nc2cc(C(=O)N3CCc4cc(F)ccc4C3)ccc2nc1-c1ccc(Cl)cc1. The second kappa shape index (κ2) is 10.6. The number of nitrogens with zero attached hydrogens (tertiary/aromatic N) is 3. The van der Waals surface area contributed by atoms with Crippen molar-refractivity contribution in [3.63, 3.8) is 0 Å². The Labute approximate surface area is 218 Å². The Hall–Kier alpha value is -3.84. The monoisotopic (exact) mass is 517 g/mol. The molecule has 0 saturated carbocycles. The van der Waals surface area contributed by atoms with E-state index in [-0.39, 0.29) is 18.1 Å². The van der Waals surface area contributed by atoms with Gasteiger partial charge in [0.1, 0.15) is 5.82 Å². The molecule has 4 aromatic rings. The molecular formula is C29H25ClFN3O3. The molecule has 0 saturated heterocycles. The lowest BCUT2D eigenvalue weighted by Gasteiger charge is -2.29. The minimum Gasteiger partial charge on any atom is -0.481 e. The first-order valence-electron chi connectivity index (χ1n) is 12.2. The van der Waals surface area contributed by atoms with Crippen LogP contribution in [0.15, 0.2) is 60.7 Å². The quantitative estimate of drug-likeness (QED) is 0.300. The van der Waals surface area contributed by atoms with Crippen LogP contribution in [0.1, 0.15) is 46.4 Å². The maximum absolute atomic E-state index is 13.6. The van der Waals surface area contributed by atoms with Crippen molar-refractivity contribution in [3.8, 4) is 11.3 Å². The summed E-state index contributed by atoms with van der Waals surface area (Å²) in [6, 6.07) is 17.4. The number of unbranched alkanes of at least 4 members (excludes halogenated alkanes) is 1.